The van der Waals surface area contributed by atoms with Crippen LogP contribution >= 0.6 is 11.3 Å². The van der Waals surface area contributed by atoms with Gasteiger partial charge in [-0.15, -0.1) is 11.3 Å². The van der Waals surface area contributed by atoms with Crippen molar-refractivity contribution in [3.8, 4) is 6.07 Å². The molecule has 3 saturated heterocycles. The number of hydrogen-bond donors (Lipinski definition) is 1. The van der Waals surface area contributed by atoms with Gasteiger partial charge in [-0.05, 0) is 61.9 Å². The Labute approximate surface area is 287 Å². The third-order valence-corrected chi connectivity index (χ3v) is 12.9. The van der Waals surface area contributed by atoms with Gasteiger partial charge in [-0.3, -0.25) is 9.80 Å². The van der Waals surface area contributed by atoms with Crippen LogP contribution in [0.1, 0.15) is 47.4 Å². The van der Waals surface area contributed by atoms with E-state index in [4.69, 9.17) is 0 Å². The second-order valence-electron chi connectivity index (χ2n) is 13.4. The van der Waals surface area contributed by atoms with Crippen molar-refractivity contribution in [2.75, 3.05) is 38.0 Å². The maximum atomic E-state index is 13.0. The molecule has 3 aromatic heterocycles. The van der Waals surface area contributed by atoms with Gasteiger partial charge < -0.3 is 9.88 Å². The Kier molecular flexibility index (Phi) is 9.20. The van der Waals surface area contributed by atoms with Gasteiger partial charge >= 0.3 is 6.18 Å². The fraction of sp³-hybridized carbons (Fsp3) is 0.500. The summed E-state index contributed by atoms with van der Waals surface area (Å²) in [5, 5.41) is 16.3. The molecular weight excluding hydrogens is 674 g/mol. The van der Waals surface area contributed by atoms with Crippen molar-refractivity contribution in [1.29, 1.82) is 5.26 Å². The second kappa shape index (κ2) is 13.3. The molecular formula is C34H39F3N8O2S2. The average molecular weight is 713 g/mol. The Morgan fingerprint density at radius 2 is 1.80 bits per heavy atom. The summed E-state index contributed by atoms with van der Waals surface area (Å²) in [6, 6.07) is 10.3. The van der Waals surface area contributed by atoms with E-state index in [0.29, 0.717) is 41.4 Å². The summed E-state index contributed by atoms with van der Waals surface area (Å²) in [5.74, 6) is 0.586. The van der Waals surface area contributed by atoms with Gasteiger partial charge in [0.05, 0.1) is 11.8 Å². The van der Waals surface area contributed by atoms with E-state index in [1.165, 1.54) is 11.9 Å². The number of nitriles is 1. The summed E-state index contributed by atoms with van der Waals surface area (Å²) in [6.07, 6.45) is -0.372. The number of fused-ring (bicyclic) bond motifs is 4. The van der Waals surface area contributed by atoms with Gasteiger partial charge in [0.2, 0.25) is 10.0 Å². The first-order valence-corrected chi connectivity index (χ1v) is 18.9. The quantitative estimate of drug-likeness (QED) is 0.226. The number of sulfonamides is 1. The van der Waals surface area contributed by atoms with Gasteiger partial charge in [0.15, 0.2) is 0 Å². The Hall–Kier alpha value is -3.55. The normalized spacial score (nSPS) is 21.4. The zero-order valence-corrected chi connectivity index (χ0v) is 28.9. The van der Waals surface area contributed by atoms with E-state index in [1.807, 2.05) is 6.07 Å². The lowest BCUT2D eigenvalue weighted by Gasteiger charge is -2.39. The number of nitrogens with one attached hydrogen (secondary N) is 1. The number of halogens is 3. The summed E-state index contributed by atoms with van der Waals surface area (Å²) in [7, 11) is -3.44. The fourth-order valence-electron chi connectivity index (χ4n) is 7.88. The molecule has 0 radical (unpaired) electrons. The van der Waals surface area contributed by atoms with Crippen LogP contribution in [-0.4, -0.2) is 94.1 Å². The molecule has 3 fully saturated rings. The molecule has 2 atom stereocenters. The zero-order chi connectivity index (χ0) is 34.5. The van der Waals surface area contributed by atoms with E-state index < -0.39 is 22.6 Å². The summed E-state index contributed by atoms with van der Waals surface area (Å²) < 4.78 is 67.7. The molecule has 3 aliphatic rings. The van der Waals surface area contributed by atoms with Crippen LogP contribution in [0.25, 0.3) is 21.1 Å². The number of likely N-dealkylation sites (tertiary alicyclic amines) is 2. The fourth-order valence-corrected chi connectivity index (χ4v) is 10.3. The predicted molar refractivity (Wildman–Crippen MR) is 185 cm³/mol. The van der Waals surface area contributed by atoms with Crippen LogP contribution < -0.4 is 5.32 Å². The van der Waals surface area contributed by atoms with E-state index >= 15 is 0 Å². The minimum Gasteiger partial charge on any atom is -0.367 e. The number of benzene rings is 1. The van der Waals surface area contributed by atoms with E-state index in [-0.39, 0.29) is 23.0 Å². The van der Waals surface area contributed by atoms with E-state index in [0.717, 1.165) is 85.1 Å². The van der Waals surface area contributed by atoms with Crippen LogP contribution in [0.4, 0.5) is 19.0 Å². The molecule has 1 aromatic carbocycles. The third kappa shape index (κ3) is 6.94. The first-order valence-electron chi connectivity index (χ1n) is 16.6. The van der Waals surface area contributed by atoms with Crippen LogP contribution in [0.3, 0.4) is 0 Å². The molecule has 49 heavy (non-hydrogen) atoms. The molecule has 3 aliphatic heterocycles. The molecule has 15 heteroatoms. The lowest BCUT2D eigenvalue weighted by atomic mass is 10.0. The second-order valence-corrected chi connectivity index (χ2v) is 16.3. The maximum absolute atomic E-state index is 13.0. The molecule has 2 unspecified atom stereocenters. The van der Waals surface area contributed by atoms with Gasteiger partial charge in [0, 0.05) is 85.1 Å². The topological polar surface area (TPSA) is 110 Å². The number of anilines is 1. The van der Waals surface area contributed by atoms with Gasteiger partial charge in [-0.2, -0.15) is 22.7 Å². The Bertz CT molecular complexity index is 2010. The van der Waals surface area contributed by atoms with Crippen molar-refractivity contribution in [2.45, 2.75) is 76.4 Å². The monoisotopic (exact) mass is 712 g/mol. The highest BCUT2D eigenvalue weighted by atomic mass is 32.2. The smallest absolute Gasteiger partial charge is 0.367 e. The lowest BCUT2D eigenvalue weighted by molar-refractivity contribution is -0.126. The molecule has 0 aliphatic carbocycles. The zero-order valence-electron chi connectivity index (χ0n) is 27.3. The summed E-state index contributed by atoms with van der Waals surface area (Å²) >= 11 is 1.06. The Balaban J connectivity index is 0.975. The highest BCUT2D eigenvalue weighted by Gasteiger charge is 2.45. The highest BCUT2D eigenvalue weighted by molar-refractivity contribution is 7.92. The third-order valence-electron chi connectivity index (χ3n) is 10.3. The summed E-state index contributed by atoms with van der Waals surface area (Å²) in [4.78, 5) is 14.1. The number of rotatable bonds is 10. The van der Waals surface area contributed by atoms with Crippen LogP contribution in [0, 0.1) is 18.3 Å². The molecule has 1 N–H and O–H groups in total. The van der Waals surface area contributed by atoms with Crippen molar-refractivity contribution in [3.63, 3.8) is 0 Å². The SMILES string of the molecule is C=CS(=O)(=O)N1C2CCC1CN(CCn1c(C#N)cc3c(C)c(CN4CCC(Nc5ncnc6sc(CC(F)(F)F)cc56)CC4)ccc31)C2. The van der Waals surface area contributed by atoms with E-state index in [1.54, 1.807) is 10.4 Å². The minimum atomic E-state index is -4.27. The Morgan fingerprint density at radius 1 is 1.06 bits per heavy atom. The van der Waals surface area contributed by atoms with Gasteiger partial charge in [0.25, 0.3) is 0 Å². The van der Waals surface area contributed by atoms with Crippen LogP contribution in [0.5, 0.6) is 0 Å². The minimum absolute atomic E-state index is 0.0339. The molecule has 2 bridgehead atoms. The van der Waals surface area contributed by atoms with Crippen LogP contribution in [0.2, 0.25) is 0 Å². The standard InChI is InChI=1S/C34H39F3N8O2S2/c1-3-49(46,47)45-25-5-6-26(45)20-43(19-25)12-13-44-27(17-38)14-29-22(2)23(4-7-31(29)44)18-42-10-8-24(9-11-42)41-32-30-15-28(16-34(35,36)37)48-33(30)40-21-39-32/h3-4,7,14-15,21,24-26H,1,5-6,8-13,16,18-20H2,2H3,(H,39,40,41). The van der Waals surface area contributed by atoms with Crippen molar-refractivity contribution in [3.05, 3.63) is 64.3 Å². The molecule has 7 rings (SSSR count). The molecule has 4 aromatic rings. The average Bonchev–Trinajstić information content (AvgIpc) is 3.73. The number of aryl methyl sites for hydroxylation is 1. The molecule has 10 nitrogen and oxygen atoms in total. The predicted octanol–water partition coefficient (Wildman–Crippen LogP) is 5.63. The Morgan fingerprint density at radius 3 is 2.47 bits per heavy atom. The maximum Gasteiger partial charge on any atom is 0.393 e. The molecule has 6 heterocycles. The van der Waals surface area contributed by atoms with Gasteiger partial charge in [0.1, 0.15) is 28.7 Å². The number of alkyl halides is 3. The lowest BCUT2D eigenvalue weighted by Crippen LogP contribution is -2.55. The van der Waals surface area contributed by atoms with Gasteiger partial charge in [-0.1, -0.05) is 12.6 Å². The number of nitrogens with zero attached hydrogens (tertiary/aromatic N) is 7. The highest BCUT2D eigenvalue weighted by Crippen LogP contribution is 2.35. The van der Waals surface area contributed by atoms with Crippen LogP contribution in [0.15, 0.2) is 42.6 Å². The summed E-state index contributed by atoms with van der Waals surface area (Å²) in [6.45, 7) is 10.9. The largest absolute Gasteiger partial charge is 0.393 e. The number of aromatic nitrogens is 3. The van der Waals surface area contributed by atoms with Crippen molar-refractivity contribution in [2.24, 2.45) is 0 Å². The molecule has 0 saturated carbocycles. The number of hydrogen-bond acceptors (Lipinski definition) is 9. The number of thiophene rings is 1. The summed E-state index contributed by atoms with van der Waals surface area (Å²) in [5.41, 5.74) is 4.02. The molecule has 0 spiro atoms. The molecule has 0 amide bonds. The van der Waals surface area contributed by atoms with Crippen molar-refractivity contribution >= 4 is 48.3 Å². The number of piperazine rings is 1. The van der Waals surface area contributed by atoms with Crippen molar-refractivity contribution < 1.29 is 21.6 Å². The van der Waals surface area contributed by atoms with Crippen LogP contribution in [-0.2, 0) is 29.5 Å². The van der Waals surface area contributed by atoms with E-state index in [9.17, 15) is 26.9 Å². The van der Waals surface area contributed by atoms with E-state index in [2.05, 4.69) is 61.4 Å². The van der Waals surface area contributed by atoms with Gasteiger partial charge in [-0.25, -0.2) is 18.4 Å². The first-order chi connectivity index (χ1) is 23.4. The first kappa shape index (κ1) is 33.9. The number of piperidine rings is 1. The van der Waals surface area contributed by atoms with Crippen molar-refractivity contribution in [1.82, 2.24) is 28.6 Å². The molecule has 260 valence electrons.